The summed E-state index contributed by atoms with van der Waals surface area (Å²) in [5.41, 5.74) is 0.752. The molecule has 0 saturated carbocycles. The van der Waals surface area contributed by atoms with Crippen LogP contribution in [0.5, 0.6) is 0 Å². The maximum Gasteiger partial charge on any atom is 0.291 e. The molecule has 0 unspecified atom stereocenters. The quantitative estimate of drug-likeness (QED) is 0.813. The molecule has 2 rings (SSSR count). The summed E-state index contributed by atoms with van der Waals surface area (Å²) in [7, 11) is 0. The molecule has 2 aromatic heterocycles. The van der Waals surface area contributed by atoms with Crippen molar-refractivity contribution >= 4 is 5.91 Å². The molecule has 7 nitrogen and oxygen atoms in total. The number of hydrogen-bond donors (Lipinski definition) is 2. The van der Waals surface area contributed by atoms with E-state index in [9.17, 15) is 4.79 Å². The average Bonchev–Trinajstić information content (AvgIpc) is 2.85. The van der Waals surface area contributed by atoms with E-state index in [2.05, 4.69) is 30.5 Å². The van der Waals surface area contributed by atoms with E-state index in [0.29, 0.717) is 24.6 Å². The summed E-state index contributed by atoms with van der Waals surface area (Å²) in [6, 6.07) is 1.75. The molecule has 0 aliphatic heterocycles. The standard InChI is InChI=1S/C11H14N6O/c1-3-9-15-10(17-16-9)11(18)13-6-8-4-5-12-7(2)14-8/h4-5H,3,6H2,1-2H3,(H,13,18)(H,15,16,17). The average molecular weight is 246 g/mol. The molecule has 0 radical (unpaired) electrons. The van der Waals surface area contributed by atoms with Crippen molar-refractivity contribution in [1.29, 1.82) is 0 Å². The van der Waals surface area contributed by atoms with Crippen molar-refractivity contribution in [2.24, 2.45) is 0 Å². The molecule has 94 valence electrons. The molecule has 0 saturated heterocycles. The van der Waals surface area contributed by atoms with Gasteiger partial charge in [-0.2, -0.15) is 0 Å². The number of aryl methyl sites for hydroxylation is 2. The first kappa shape index (κ1) is 12.2. The molecule has 0 spiro atoms. The lowest BCUT2D eigenvalue weighted by Crippen LogP contribution is -2.24. The van der Waals surface area contributed by atoms with Crippen LogP contribution in [-0.2, 0) is 13.0 Å². The minimum absolute atomic E-state index is 0.151. The molecule has 18 heavy (non-hydrogen) atoms. The highest BCUT2D eigenvalue weighted by molar-refractivity contribution is 5.90. The van der Waals surface area contributed by atoms with E-state index in [1.54, 1.807) is 19.2 Å². The van der Waals surface area contributed by atoms with Gasteiger partial charge in [-0.05, 0) is 13.0 Å². The number of hydrogen-bond acceptors (Lipinski definition) is 5. The summed E-state index contributed by atoms with van der Waals surface area (Å²) >= 11 is 0. The van der Waals surface area contributed by atoms with Crippen LogP contribution in [0.1, 0.15) is 34.9 Å². The third kappa shape index (κ3) is 2.88. The number of nitrogens with zero attached hydrogens (tertiary/aromatic N) is 4. The molecular weight excluding hydrogens is 232 g/mol. The third-order valence-corrected chi connectivity index (χ3v) is 2.33. The number of amides is 1. The monoisotopic (exact) mass is 246 g/mol. The van der Waals surface area contributed by atoms with Crippen molar-refractivity contribution in [2.75, 3.05) is 0 Å². The van der Waals surface area contributed by atoms with Gasteiger partial charge in [-0.3, -0.25) is 9.89 Å². The number of rotatable bonds is 4. The fourth-order valence-corrected chi connectivity index (χ4v) is 1.41. The zero-order chi connectivity index (χ0) is 13.0. The van der Waals surface area contributed by atoms with Crippen LogP contribution in [0.25, 0.3) is 0 Å². The normalized spacial score (nSPS) is 10.3. The molecule has 2 heterocycles. The Bertz CT molecular complexity index is 550. The first-order chi connectivity index (χ1) is 8.69. The zero-order valence-electron chi connectivity index (χ0n) is 10.3. The van der Waals surface area contributed by atoms with Crippen LogP contribution >= 0.6 is 0 Å². The molecule has 2 N–H and O–H groups in total. The van der Waals surface area contributed by atoms with Crippen molar-refractivity contribution in [3.63, 3.8) is 0 Å². The molecule has 0 bridgehead atoms. The Morgan fingerprint density at radius 2 is 2.28 bits per heavy atom. The van der Waals surface area contributed by atoms with E-state index >= 15 is 0 Å². The summed E-state index contributed by atoms with van der Waals surface area (Å²) in [5.74, 6) is 1.20. The Morgan fingerprint density at radius 1 is 1.44 bits per heavy atom. The van der Waals surface area contributed by atoms with Gasteiger partial charge in [0.15, 0.2) is 0 Å². The Morgan fingerprint density at radius 3 is 2.94 bits per heavy atom. The molecule has 0 atom stereocenters. The van der Waals surface area contributed by atoms with Crippen LogP contribution in [0.15, 0.2) is 12.3 Å². The number of H-pyrrole nitrogens is 1. The predicted octanol–water partition coefficient (Wildman–Crippen LogP) is 0.396. The van der Waals surface area contributed by atoms with Crippen molar-refractivity contribution in [2.45, 2.75) is 26.8 Å². The highest BCUT2D eigenvalue weighted by Crippen LogP contribution is 1.97. The van der Waals surface area contributed by atoms with E-state index in [0.717, 1.165) is 5.69 Å². The first-order valence-corrected chi connectivity index (χ1v) is 5.67. The largest absolute Gasteiger partial charge is 0.344 e. The Labute approximate surface area is 104 Å². The van der Waals surface area contributed by atoms with Crippen molar-refractivity contribution in [3.05, 3.63) is 35.4 Å². The lowest BCUT2D eigenvalue weighted by molar-refractivity contribution is 0.0940. The highest BCUT2D eigenvalue weighted by Gasteiger charge is 2.11. The molecule has 0 aliphatic rings. The maximum absolute atomic E-state index is 11.7. The lowest BCUT2D eigenvalue weighted by atomic mass is 10.4. The SMILES string of the molecule is CCc1nc(C(=O)NCc2ccnc(C)n2)n[nH]1. The molecule has 1 amide bonds. The zero-order valence-corrected chi connectivity index (χ0v) is 10.3. The van der Waals surface area contributed by atoms with Crippen LogP contribution in [0.4, 0.5) is 0 Å². The molecule has 0 fully saturated rings. The topological polar surface area (TPSA) is 96.5 Å². The number of carbonyl (C=O) groups is 1. The summed E-state index contributed by atoms with van der Waals surface area (Å²) in [4.78, 5) is 24.0. The van der Waals surface area contributed by atoms with Crippen molar-refractivity contribution < 1.29 is 4.79 Å². The minimum Gasteiger partial charge on any atom is -0.344 e. The number of carbonyl (C=O) groups excluding carboxylic acids is 1. The van der Waals surface area contributed by atoms with Gasteiger partial charge in [0, 0.05) is 12.6 Å². The van der Waals surface area contributed by atoms with Gasteiger partial charge < -0.3 is 5.32 Å². The molecule has 0 aromatic carbocycles. The number of nitrogens with one attached hydrogen (secondary N) is 2. The number of aromatic nitrogens is 5. The van der Waals surface area contributed by atoms with Crippen LogP contribution in [0.3, 0.4) is 0 Å². The number of aromatic amines is 1. The first-order valence-electron chi connectivity index (χ1n) is 5.67. The second-order valence-electron chi connectivity index (χ2n) is 3.74. The smallest absolute Gasteiger partial charge is 0.291 e. The molecule has 0 aliphatic carbocycles. The van der Waals surface area contributed by atoms with Crippen molar-refractivity contribution in [3.8, 4) is 0 Å². The van der Waals surface area contributed by atoms with E-state index < -0.39 is 0 Å². The van der Waals surface area contributed by atoms with Gasteiger partial charge in [-0.25, -0.2) is 15.0 Å². The Kier molecular flexibility index (Phi) is 3.61. The second-order valence-corrected chi connectivity index (χ2v) is 3.74. The van der Waals surface area contributed by atoms with Gasteiger partial charge in [-0.1, -0.05) is 6.92 Å². The van der Waals surface area contributed by atoms with Gasteiger partial charge in [0.1, 0.15) is 11.6 Å². The van der Waals surface area contributed by atoms with E-state index in [4.69, 9.17) is 0 Å². The highest BCUT2D eigenvalue weighted by atomic mass is 16.2. The fourth-order valence-electron chi connectivity index (χ4n) is 1.41. The fraction of sp³-hybridized carbons (Fsp3) is 0.364. The van der Waals surface area contributed by atoms with Crippen LogP contribution in [-0.4, -0.2) is 31.1 Å². The summed E-state index contributed by atoms with van der Waals surface area (Å²) in [6.45, 7) is 4.07. The van der Waals surface area contributed by atoms with E-state index in [1.165, 1.54) is 0 Å². The predicted molar refractivity (Wildman–Crippen MR) is 63.7 cm³/mol. The molecule has 7 heteroatoms. The lowest BCUT2D eigenvalue weighted by Gasteiger charge is -2.02. The Balaban J connectivity index is 1.96. The van der Waals surface area contributed by atoms with Gasteiger partial charge in [0.25, 0.3) is 5.91 Å². The summed E-state index contributed by atoms with van der Waals surface area (Å²) < 4.78 is 0. The molecule has 2 aromatic rings. The second kappa shape index (κ2) is 5.35. The van der Waals surface area contributed by atoms with E-state index in [1.807, 2.05) is 6.92 Å². The van der Waals surface area contributed by atoms with Crippen molar-refractivity contribution in [1.82, 2.24) is 30.5 Å². The Hall–Kier alpha value is -2.31. The van der Waals surface area contributed by atoms with Crippen LogP contribution in [0, 0.1) is 6.92 Å². The van der Waals surface area contributed by atoms with Crippen LogP contribution in [0.2, 0.25) is 0 Å². The minimum atomic E-state index is -0.317. The molecular formula is C11H14N6O. The van der Waals surface area contributed by atoms with E-state index in [-0.39, 0.29) is 11.7 Å². The summed E-state index contributed by atoms with van der Waals surface area (Å²) in [6.07, 6.45) is 2.37. The van der Waals surface area contributed by atoms with Gasteiger partial charge in [0.2, 0.25) is 5.82 Å². The van der Waals surface area contributed by atoms with Gasteiger partial charge in [0.05, 0.1) is 12.2 Å². The maximum atomic E-state index is 11.7. The van der Waals surface area contributed by atoms with Gasteiger partial charge >= 0.3 is 0 Å². The van der Waals surface area contributed by atoms with Gasteiger partial charge in [-0.15, -0.1) is 5.10 Å². The third-order valence-electron chi connectivity index (χ3n) is 2.33. The summed E-state index contributed by atoms with van der Waals surface area (Å²) in [5, 5.41) is 9.24. The van der Waals surface area contributed by atoms with Crippen LogP contribution < -0.4 is 5.32 Å².